The van der Waals surface area contributed by atoms with Crippen LogP contribution in [0.15, 0.2) is 42.5 Å². The van der Waals surface area contributed by atoms with Crippen molar-refractivity contribution in [3.8, 4) is 34.5 Å². The van der Waals surface area contributed by atoms with Gasteiger partial charge >= 0.3 is 0 Å². The van der Waals surface area contributed by atoms with E-state index in [1.807, 2.05) is 36.4 Å². The van der Waals surface area contributed by atoms with E-state index in [-0.39, 0.29) is 6.71 Å². The van der Waals surface area contributed by atoms with Gasteiger partial charge in [0.05, 0.1) is 13.2 Å². The molecule has 0 saturated heterocycles. The van der Waals surface area contributed by atoms with Crippen molar-refractivity contribution in [1.82, 2.24) is 0 Å². The first-order valence-corrected chi connectivity index (χ1v) is 10.3. The summed E-state index contributed by atoms with van der Waals surface area (Å²) < 4.78 is 30.0. The monoisotopic (exact) mass is 400 g/mol. The first-order chi connectivity index (χ1) is 14.8. The van der Waals surface area contributed by atoms with Crippen molar-refractivity contribution in [1.29, 1.82) is 0 Å². The highest BCUT2D eigenvalue weighted by molar-refractivity contribution is 6.99. The molecule has 0 saturated carbocycles. The molecular weight excluding hydrogens is 379 g/mol. The molecular formula is C24H21BO5. The largest absolute Gasteiger partial charge is 0.458 e. The van der Waals surface area contributed by atoms with Gasteiger partial charge in [-0.05, 0) is 54.3 Å². The summed E-state index contributed by atoms with van der Waals surface area (Å²) in [6, 6.07) is 14.2. The van der Waals surface area contributed by atoms with Crippen LogP contribution in [0.3, 0.4) is 0 Å². The molecule has 0 amide bonds. The van der Waals surface area contributed by atoms with Crippen LogP contribution in [0.25, 0.3) is 0 Å². The predicted molar refractivity (Wildman–Crippen MR) is 115 cm³/mol. The normalized spacial score (nSPS) is 13.9. The molecule has 0 fully saturated rings. The summed E-state index contributed by atoms with van der Waals surface area (Å²) in [6.45, 7) is 1.29. The molecule has 0 aliphatic carbocycles. The molecule has 0 atom stereocenters. The topological polar surface area (TPSA) is 46.2 Å². The minimum atomic E-state index is 0.0347. The maximum atomic E-state index is 6.49. The van der Waals surface area contributed by atoms with E-state index in [9.17, 15) is 0 Å². The number of benzene rings is 3. The fourth-order valence-corrected chi connectivity index (χ4v) is 4.83. The quantitative estimate of drug-likeness (QED) is 0.403. The van der Waals surface area contributed by atoms with E-state index in [0.29, 0.717) is 13.2 Å². The Balaban J connectivity index is 1.65. The van der Waals surface area contributed by atoms with Gasteiger partial charge < -0.3 is 23.7 Å². The zero-order chi connectivity index (χ0) is 20.2. The van der Waals surface area contributed by atoms with E-state index in [0.717, 1.165) is 74.9 Å². The van der Waals surface area contributed by atoms with E-state index in [2.05, 4.69) is 6.07 Å². The van der Waals surface area contributed by atoms with Gasteiger partial charge in [0.1, 0.15) is 34.5 Å². The summed E-state index contributed by atoms with van der Waals surface area (Å²) >= 11 is 0. The zero-order valence-electron chi connectivity index (χ0n) is 17.0. The first-order valence-electron chi connectivity index (χ1n) is 10.3. The molecule has 0 radical (unpaired) electrons. The standard InChI is InChI=1S/C24H21BO5/c1-26-11-9-14-13-15(10-12-27-2)24-22-23(14)29-18-7-3-5-16-20(18)25(22)21-17(28-16)6-4-8-19(21)30-24/h3-8,13H,9-12H2,1-2H3. The molecule has 3 aliphatic rings. The number of hydrogen-bond acceptors (Lipinski definition) is 5. The van der Waals surface area contributed by atoms with Gasteiger partial charge in [0.2, 0.25) is 0 Å². The molecule has 0 aromatic heterocycles. The average molecular weight is 400 g/mol. The molecule has 3 heterocycles. The summed E-state index contributed by atoms with van der Waals surface area (Å²) in [5.41, 5.74) is 5.52. The van der Waals surface area contributed by atoms with Crippen molar-refractivity contribution >= 4 is 23.1 Å². The lowest BCUT2D eigenvalue weighted by molar-refractivity contribution is 0.200. The Labute approximate surface area is 175 Å². The molecule has 5 nitrogen and oxygen atoms in total. The van der Waals surface area contributed by atoms with Crippen LogP contribution in [-0.4, -0.2) is 34.1 Å². The van der Waals surface area contributed by atoms with Crippen LogP contribution >= 0.6 is 0 Å². The molecule has 30 heavy (non-hydrogen) atoms. The average Bonchev–Trinajstić information content (AvgIpc) is 2.77. The lowest BCUT2D eigenvalue weighted by Crippen LogP contribution is -2.60. The summed E-state index contributed by atoms with van der Waals surface area (Å²) in [7, 11) is 3.45. The highest BCUT2D eigenvalue weighted by Gasteiger charge is 2.47. The van der Waals surface area contributed by atoms with Gasteiger partial charge in [-0.3, -0.25) is 0 Å². The molecule has 6 rings (SSSR count). The van der Waals surface area contributed by atoms with Gasteiger partial charge in [-0.1, -0.05) is 12.1 Å². The third-order valence-corrected chi connectivity index (χ3v) is 6.13. The number of hydrogen-bond donors (Lipinski definition) is 0. The molecule has 0 N–H and O–H groups in total. The van der Waals surface area contributed by atoms with Crippen LogP contribution in [0.4, 0.5) is 0 Å². The van der Waals surface area contributed by atoms with Gasteiger partial charge in [0.15, 0.2) is 0 Å². The van der Waals surface area contributed by atoms with Gasteiger partial charge in [-0.15, -0.1) is 0 Å². The van der Waals surface area contributed by atoms with Gasteiger partial charge in [0.25, 0.3) is 6.71 Å². The molecule has 0 bridgehead atoms. The van der Waals surface area contributed by atoms with E-state index < -0.39 is 0 Å². The van der Waals surface area contributed by atoms with Crippen molar-refractivity contribution in [2.45, 2.75) is 12.8 Å². The van der Waals surface area contributed by atoms with Gasteiger partial charge in [-0.25, -0.2) is 0 Å². The van der Waals surface area contributed by atoms with Crippen molar-refractivity contribution in [3.63, 3.8) is 0 Å². The van der Waals surface area contributed by atoms with E-state index in [1.165, 1.54) is 0 Å². The van der Waals surface area contributed by atoms with E-state index >= 15 is 0 Å². The Bertz CT molecular complexity index is 1090. The van der Waals surface area contributed by atoms with Crippen LogP contribution in [-0.2, 0) is 22.3 Å². The third-order valence-electron chi connectivity index (χ3n) is 6.13. The summed E-state index contributed by atoms with van der Waals surface area (Å²) in [5, 5.41) is 0. The van der Waals surface area contributed by atoms with Crippen LogP contribution in [0, 0.1) is 0 Å². The molecule has 3 aromatic carbocycles. The van der Waals surface area contributed by atoms with Crippen molar-refractivity contribution < 1.29 is 23.7 Å². The lowest BCUT2D eigenvalue weighted by Gasteiger charge is -2.38. The molecule has 3 aliphatic heterocycles. The van der Waals surface area contributed by atoms with Crippen LogP contribution in [0.5, 0.6) is 34.5 Å². The highest BCUT2D eigenvalue weighted by atomic mass is 16.5. The number of rotatable bonds is 6. The Kier molecular flexibility index (Phi) is 4.04. The molecule has 150 valence electrons. The maximum absolute atomic E-state index is 6.49. The summed E-state index contributed by atoms with van der Waals surface area (Å²) in [5.74, 6) is 5.17. The van der Waals surface area contributed by atoms with E-state index in [1.54, 1.807) is 14.2 Å². The van der Waals surface area contributed by atoms with Crippen LogP contribution in [0.1, 0.15) is 11.1 Å². The predicted octanol–water partition coefficient (Wildman–Crippen LogP) is 2.90. The Morgan fingerprint density at radius 2 is 1.13 bits per heavy atom. The fourth-order valence-electron chi connectivity index (χ4n) is 4.83. The third kappa shape index (κ3) is 2.44. The molecule has 6 heteroatoms. The van der Waals surface area contributed by atoms with Gasteiger partial charge in [0, 0.05) is 30.6 Å². The summed E-state index contributed by atoms with van der Waals surface area (Å²) in [4.78, 5) is 0. The highest BCUT2D eigenvalue weighted by Crippen LogP contribution is 2.44. The van der Waals surface area contributed by atoms with Crippen molar-refractivity contribution in [2.75, 3.05) is 27.4 Å². The van der Waals surface area contributed by atoms with Crippen molar-refractivity contribution in [3.05, 3.63) is 53.6 Å². The Morgan fingerprint density at radius 3 is 1.60 bits per heavy atom. The second-order valence-corrected chi connectivity index (χ2v) is 7.83. The minimum Gasteiger partial charge on any atom is -0.458 e. The summed E-state index contributed by atoms with van der Waals surface area (Å²) in [6.07, 6.45) is 1.54. The fraction of sp³-hybridized carbons (Fsp3) is 0.250. The smallest absolute Gasteiger partial charge is 0.270 e. The van der Waals surface area contributed by atoms with Gasteiger partial charge in [-0.2, -0.15) is 0 Å². The SMILES string of the molecule is COCCc1cc(CCOC)c2c3c1Oc1cccc4c1B3c1c(cccc1O2)O4. The zero-order valence-corrected chi connectivity index (χ0v) is 17.0. The minimum absolute atomic E-state index is 0.0347. The Hall–Kier alpha value is -2.96. The van der Waals surface area contributed by atoms with Crippen LogP contribution in [0.2, 0.25) is 0 Å². The maximum Gasteiger partial charge on any atom is 0.270 e. The molecule has 3 aromatic rings. The second kappa shape index (κ2) is 6.79. The number of methoxy groups -OCH3 is 2. The lowest BCUT2D eigenvalue weighted by atomic mass is 9.33. The second-order valence-electron chi connectivity index (χ2n) is 7.83. The van der Waals surface area contributed by atoms with Crippen LogP contribution < -0.4 is 30.6 Å². The molecule has 0 unspecified atom stereocenters. The first kappa shape index (κ1) is 17.9. The van der Waals surface area contributed by atoms with Crippen molar-refractivity contribution in [2.24, 2.45) is 0 Å². The van der Waals surface area contributed by atoms with E-state index in [4.69, 9.17) is 23.7 Å². The Morgan fingerprint density at radius 1 is 0.667 bits per heavy atom. The number of ether oxygens (including phenoxy) is 5. The molecule has 0 spiro atoms.